The van der Waals surface area contributed by atoms with Gasteiger partial charge in [-0.05, 0) is 48.8 Å². The number of carbonyl (C=O) groups excluding carboxylic acids is 1. The number of hydrogen-bond donors (Lipinski definition) is 1. The van der Waals surface area contributed by atoms with Crippen LogP contribution in [0.4, 0.5) is 0 Å². The second-order valence-electron chi connectivity index (χ2n) is 7.80. The van der Waals surface area contributed by atoms with Gasteiger partial charge in [0.15, 0.2) is 0 Å². The molecule has 24 heavy (non-hydrogen) atoms. The molecule has 4 heteroatoms. The zero-order chi connectivity index (χ0) is 17.5. The van der Waals surface area contributed by atoms with Crippen molar-refractivity contribution in [3.05, 3.63) is 29.8 Å². The Labute approximate surface area is 143 Å². The largest absolute Gasteiger partial charge is 0.508 e. The molecule has 0 aliphatic heterocycles. The number of hydrogen-bond acceptors (Lipinski definition) is 4. The zero-order valence-corrected chi connectivity index (χ0v) is 14.8. The first-order valence-corrected chi connectivity index (χ1v) is 8.53. The van der Waals surface area contributed by atoms with Crippen molar-refractivity contribution in [3.63, 3.8) is 0 Å². The molecule has 1 aromatic carbocycles. The van der Waals surface area contributed by atoms with Gasteiger partial charge in [-0.1, -0.05) is 20.8 Å². The SMILES string of the molecule is COc1cc(O)ccc1C=CC(=O)OC1CC2CCC1(C)C2(C)C. The molecule has 0 saturated heterocycles. The van der Waals surface area contributed by atoms with Crippen molar-refractivity contribution < 1.29 is 19.4 Å². The fourth-order valence-corrected chi connectivity index (χ4v) is 4.48. The van der Waals surface area contributed by atoms with Crippen LogP contribution in [0.1, 0.15) is 45.6 Å². The highest BCUT2D eigenvalue weighted by Gasteiger charge is 2.62. The summed E-state index contributed by atoms with van der Waals surface area (Å²) in [7, 11) is 1.53. The maximum Gasteiger partial charge on any atom is 0.331 e. The van der Waals surface area contributed by atoms with Crippen molar-refractivity contribution in [3.8, 4) is 11.5 Å². The molecule has 0 aromatic heterocycles. The summed E-state index contributed by atoms with van der Waals surface area (Å²) in [6.45, 7) is 6.86. The van der Waals surface area contributed by atoms with Gasteiger partial charge < -0.3 is 14.6 Å². The number of rotatable bonds is 4. The predicted octanol–water partition coefficient (Wildman–Crippen LogP) is 4.17. The summed E-state index contributed by atoms with van der Waals surface area (Å²) in [5.41, 5.74) is 1.02. The van der Waals surface area contributed by atoms with Crippen molar-refractivity contribution in [2.45, 2.75) is 46.1 Å². The van der Waals surface area contributed by atoms with Gasteiger partial charge in [0.05, 0.1) is 7.11 Å². The molecule has 0 spiro atoms. The van der Waals surface area contributed by atoms with E-state index in [1.807, 2.05) is 0 Å². The molecule has 3 unspecified atom stereocenters. The Morgan fingerprint density at radius 3 is 2.67 bits per heavy atom. The van der Waals surface area contributed by atoms with Gasteiger partial charge in [0.25, 0.3) is 0 Å². The zero-order valence-electron chi connectivity index (χ0n) is 14.8. The molecule has 0 heterocycles. The van der Waals surface area contributed by atoms with Crippen molar-refractivity contribution in [2.24, 2.45) is 16.7 Å². The Morgan fingerprint density at radius 1 is 1.33 bits per heavy atom. The van der Waals surface area contributed by atoms with Gasteiger partial charge in [-0.2, -0.15) is 0 Å². The number of methoxy groups -OCH3 is 1. The lowest BCUT2D eigenvalue weighted by atomic mass is 9.70. The summed E-state index contributed by atoms with van der Waals surface area (Å²) < 4.78 is 11.0. The van der Waals surface area contributed by atoms with E-state index in [0.29, 0.717) is 11.7 Å². The molecule has 2 saturated carbocycles. The van der Waals surface area contributed by atoms with Crippen molar-refractivity contribution >= 4 is 12.0 Å². The minimum Gasteiger partial charge on any atom is -0.508 e. The highest BCUT2D eigenvalue weighted by molar-refractivity contribution is 5.87. The summed E-state index contributed by atoms with van der Waals surface area (Å²) in [5.74, 6) is 0.969. The molecule has 3 atom stereocenters. The van der Waals surface area contributed by atoms with E-state index in [0.717, 1.165) is 18.4 Å². The number of carbonyl (C=O) groups is 1. The van der Waals surface area contributed by atoms with E-state index in [2.05, 4.69) is 20.8 Å². The summed E-state index contributed by atoms with van der Waals surface area (Å²) in [6.07, 6.45) is 6.42. The van der Waals surface area contributed by atoms with Crippen LogP contribution in [0, 0.1) is 16.7 Å². The molecule has 3 rings (SSSR count). The lowest BCUT2D eigenvalue weighted by molar-refractivity contribution is -0.150. The molecule has 4 nitrogen and oxygen atoms in total. The summed E-state index contributed by atoms with van der Waals surface area (Å²) in [6, 6.07) is 4.79. The quantitative estimate of drug-likeness (QED) is 0.665. The first-order chi connectivity index (χ1) is 11.3. The highest BCUT2D eigenvalue weighted by atomic mass is 16.5. The van der Waals surface area contributed by atoms with Crippen LogP contribution in [0.5, 0.6) is 11.5 Å². The highest BCUT2D eigenvalue weighted by Crippen LogP contribution is 2.66. The van der Waals surface area contributed by atoms with Gasteiger partial charge in [0.2, 0.25) is 0 Å². The maximum atomic E-state index is 12.3. The van der Waals surface area contributed by atoms with Crippen LogP contribution in [-0.2, 0) is 9.53 Å². The van der Waals surface area contributed by atoms with Crippen LogP contribution in [-0.4, -0.2) is 24.3 Å². The van der Waals surface area contributed by atoms with Crippen molar-refractivity contribution in [1.29, 1.82) is 0 Å². The first kappa shape index (κ1) is 16.9. The Morgan fingerprint density at radius 2 is 2.08 bits per heavy atom. The summed E-state index contributed by atoms with van der Waals surface area (Å²) in [5, 5.41) is 9.48. The fourth-order valence-electron chi connectivity index (χ4n) is 4.48. The Hall–Kier alpha value is -1.97. The second-order valence-corrected chi connectivity index (χ2v) is 7.80. The third-order valence-corrected chi connectivity index (χ3v) is 6.59. The summed E-state index contributed by atoms with van der Waals surface area (Å²) in [4.78, 5) is 12.3. The Balaban J connectivity index is 1.69. The third kappa shape index (κ3) is 2.58. The van der Waals surface area contributed by atoms with E-state index in [4.69, 9.17) is 9.47 Å². The van der Waals surface area contributed by atoms with Gasteiger partial charge in [0, 0.05) is 23.1 Å². The second kappa shape index (κ2) is 5.83. The molecule has 0 radical (unpaired) electrons. The number of phenols is 1. The first-order valence-electron chi connectivity index (χ1n) is 8.53. The van der Waals surface area contributed by atoms with Crippen LogP contribution in [0.3, 0.4) is 0 Å². The Kier molecular flexibility index (Phi) is 4.10. The van der Waals surface area contributed by atoms with Gasteiger partial charge in [0.1, 0.15) is 17.6 Å². The van der Waals surface area contributed by atoms with Crippen LogP contribution in [0.15, 0.2) is 24.3 Å². The van der Waals surface area contributed by atoms with E-state index in [1.165, 1.54) is 25.7 Å². The number of phenolic OH excluding ortho intramolecular Hbond substituents is 1. The molecular weight excluding hydrogens is 304 g/mol. The molecular formula is C20H26O4. The van der Waals surface area contributed by atoms with E-state index in [9.17, 15) is 9.90 Å². The van der Waals surface area contributed by atoms with Gasteiger partial charge in [-0.3, -0.25) is 0 Å². The molecule has 2 aliphatic carbocycles. The third-order valence-electron chi connectivity index (χ3n) is 6.59. The van der Waals surface area contributed by atoms with E-state index in [1.54, 1.807) is 18.2 Å². The van der Waals surface area contributed by atoms with Gasteiger partial charge >= 0.3 is 5.97 Å². The lowest BCUT2D eigenvalue weighted by Crippen LogP contribution is -2.38. The van der Waals surface area contributed by atoms with Crippen LogP contribution >= 0.6 is 0 Å². The number of ether oxygens (including phenoxy) is 2. The van der Waals surface area contributed by atoms with Crippen molar-refractivity contribution in [1.82, 2.24) is 0 Å². The maximum absolute atomic E-state index is 12.3. The van der Waals surface area contributed by atoms with Crippen LogP contribution < -0.4 is 4.74 Å². The minimum atomic E-state index is -0.320. The van der Waals surface area contributed by atoms with E-state index < -0.39 is 0 Å². The smallest absolute Gasteiger partial charge is 0.331 e. The number of fused-ring (bicyclic) bond motifs is 2. The predicted molar refractivity (Wildman–Crippen MR) is 92.8 cm³/mol. The van der Waals surface area contributed by atoms with Gasteiger partial charge in [-0.25, -0.2) is 4.79 Å². The monoisotopic (exact) mass is 330 g/mol. The summed E-state index contributed by atoms with van der Waals surface area (Å²) >= 11 is 0. The molecule has 1 aromatic rings. The normalized spacial score (nSPS) is 30.7. The lowest BCUT2D eigenvalue weighted by Gasteiger charge is -2.38. The topological polar surface area (TPSA) is 55.8 Å². The van der Waals surface area contributed by atoms with Crippen molar-refractivity contribution in [2.75, 3.05) is 7.11 Å². The standard InChI is InChI=1S/C20H26O4/c1-19(2)14-9-10-20(19,3)17(11-14)24-18(22)8-6-13-5-7-15(21)12-16(13)23-4/h5-8,12,14,17,21H,9-11H2,1-4H3. The molecule has 2 aliphatic rings. The minimum absolute atomic E-state index is 0.00915. The van der Waals surface area contributed by atoms with Crippen LogP contribution in [0.2, 0.25) is 0 Å². The molecule has 2 bridgehead atoms. The molecule has 0 amide bonds. The van der Waals surface area contributed by atoms with Crippen LogP contribution in [0.25, 0.3) is 6.08 Å². The van der Waals surface area contributed by atoms with E-state index in [-0.39, 0.29) is 28.7 Å². The molecule has 130 valence electrons. The number of esters is 1. The fraction of sp³-hybridized carbons (Fsp3) is 0.550. The number of aromatic hydroxyl groups is 1. The van der Waals surface area contributed by atoms with E-state index >= 15 is 0 Å². The van der Waals surface area contributed by atoms with Gasteiger partial charge in [-0.15, -0.1) is 0 Å². The molecule has 1 N–H and O–H groups in total. The Bertz CT molecular complexity index is 676. The molecule has 2 fully saturated rings. The number of benzene rings is 1. The average Bonchev–Trinajstić information content (AvgIpc) is 2.87. The average molecular weight is 330 g/mol.